The van der Waals surface area contributed by atoms with Crippen LogP contribution in [0.5, 0.6) is 0 Å². The first-order chi connectivity index (χ1) is 13.7. The third-order valence-electron chi connectivity index (χ3n) is 4.57. The van der Waals surface area contributed by atoms with E-state index in [1.807, 2.05) is 20.8 Å². The summed E-state index contributed by atoms with van der Waals surface area (Å²) in [4.78, 5) is 23.5. The van der Waals surface area contributed by atoms with E-state index < -0.39 is 5.60 Å². The number of nitroso groups, excluding NO2 is 1. The Kier molecular flexibility index (Phi) is 8.21. The van der Waals surface area contributed by atoms with Gasteiger partial charge in [0.05, 0.1) is 11.6 Å². The van der Waals surface area contributed by atoms with Gasteiger partial charge in [0, 0.05) is 19.0 Å². The number of hydrogen-bond acceptors (Lipinski definition) is 7. The fourth-order valence-electron chi connectivity index (χ4n) is 2.69. The number of likely N-dealkylation sites (tertiary alicyclic amines) is 1. The number of piperidine rings is 1. The molecule has 9 heteroatoms. The van der Waals surface area contributed by atoms with E-state index in [0.29, 0.717) is 48.4 Å². The Hall–Kier alpha value is -2.40. The molecular weight excluding hydrogens is 394 g/mol. The van der Waals surface area contributed by atoms with Gasteiger partial charge in [0.15, 0.2) is 11.0 Å². The Morgan fingerprint density at radius 3 is 2.45 bits per heavy atom. The van der Waals surface area contributed by atoms with Crippen LogP contribution in [0.4, 0.5) is 10.6 Å². The van der Waals surface area contributed by atoms with Gasteiger partial charge in [-0.3, -0.25) is 0 Å². The quantitative estimate of drug-likeness (QED) is 0.541. The molecule has 0 aromatic carbocycles. The predicted molar refractivity (Wildman–Crippen MR) is 112 cm³/mol. The van der Waals surface area contributed by atoms with Crippen LogP contribution in [0.3, 0.4) is 0 Å². The molecule has 3 rings (SSSR count). The molecule has 2 fully saturated rings. The van der Waals surface area contributed by atoms with Crippen molar-refractivity contribution >= 4 is 23.5 Å². The maximum atomic E-state index is 11.6. The lowest BCUT2D eigenvalue weighted by molar-refractivity contribution is 0.0207. The Morgan fingerprint density at radius 2 is 1.93 bits per heavy atom. The van der Waals surface area contributed by atoms with E-state index in [0.717, 1.165) is 0 Å². The van der Waals surface area contributed by atoms with Crippen molar-refractivity contribution in [1.29, 1.82) is 0 Å². The van der Waals surface area contributed by atoms with Crippen molar-refractivity contribution in [2.24, 2.45) is 11.1 Å². The summed E-state index contributed by atoms with van der Waals surface area (Å²) < 4.78 is 5.22. The molecule has 1 aromatic heterocycles. The van der Waals surface area contributed by atoms with Crippen molar-refractivity contribution in [2.75, 3.05) is 18.8 Å². The van der Waals surface area contributed by atoms with Crippen LogP contribution in [0.25, 0.3) is 0 Å². The van der Waals surface area contributed by atoms with Gasteiger partial charge in [-0.05, 0) is 52.5 Å². The molecular formula is C20H28ClN5O3. The summed E-state index contributed by atoms with van der Waals surface area (Å²) in [6, 6.07) is 1.51. The summed E-state index contributed by atoms with van der Waals surface area (Å²) in [7, 11) is 0. The van der Waals surface area contributed by atoms with E-state index in [1.54, 1.807) is 11.0 Å². The first-order valence-corrected chi connectivity index (χ1v) is 10.2. The number of aromatic nitrogens is 2. The molecule has 0 radical (unpaired) electrons. The number of nitrogens with zero attached hydrogens (tertiary/aromatic N) is 4. The number of nitrogen functional groups attached to an aromatic ring is 1. The molecule has 0 bridgehead atoms. The molecule has 158 valence electrons. The topological polar surface area (TPSA) is 111 Å². The number of carbonyl (C=O) groups is 1. The van der Waals surface area contributed by atoms with Crippen LogP contribution in [0, 0.1) is 22.7 Å². The summed E-state index contributed by atoms with van der Waals surface area (Å²) in [5, 5.41) is 10.6. The molecule has 1 saturated heterocycles. The lowest BCUT2D eigenvalue weighted by Gasteiger charge is -2.31. The second-order valence-electron chi connectivity index (χ2n) is 8.17. The molecule has 1 aliphatic heterocycles. The number of nitrogens with two attached hydrogens (primary N) is 1. The summed E-state index contributed by atoms with van der Waals surface area (Å²) in [6.07, 6.45) is 4.65. The van der Waals surface area contributed by atoms with Crippen molar-refractivity contribution in [3.63, 3.8) is 0 Å². The van der Waals surface area contributed by atoms with Gasteiger partial charge in [0.1, 0.15) is 5.60 Å². The largest absolute Gasteiger partial charge is 0.444 e. The van der Waals surface area contributed by atoms with Crippen molar-refractivity contribution in [2.45, 2.75) is 64.5 Å². The van der Waals surface area contributed by atoms with E-state index in [-0.39, 0.29) is 12.1 Å². The molecule has 1 aromatic rings. The molecule has 1 amide bonds. The number of halogens is 1. The summed E-state index contributed by atoms with van der Waals surface area (Å²) in [5.74, 6) is 7.02. The van der Waals surface area contributed by atoms with Gasteiger partial charge < -0.3 is 15.4 Å². The van der Waals surface area contributed by atoms with Crippen molar-refractivity contribution < 1.29 is 9.53 Å². The third kappa shape index (κ3) is 7.86. The third-order valence-corrected chi connectivity index (χ3v) is 4.76. The van der Waals surface area contributed by atoms with Gasteiger partial charge in [0.25, 0.3) is 0 Å². The molecule has 1 saturated carbocycles. The molecule has 1 aliphatic carbocycles. The normalized spacial score (nSPS) is 17.2. The smallest absolute Gasteiger partial charge is 0.410 e. The zero-order chi connectivity index (χ0) is 21.4. The maximum Gasteiger partial charge on any atom is 0.410 e. The Labute approximate surface area is 176 Å². The number of amides is 1. The van der Waals surface area contributed by atoms with Crippen molar-refractivity contribution in [1.82, 2.24) is 15.1 Å². The Balaban J connectivity index is 0.000000207. The second-order valence-corrected chi connectivity index (χ2v) is 8.55. The lowest BCUT2D eigenvalue weighted by Crippen LogP contribution is -2.42. The lowest BCUT2D eigenvalue weighted by atomic mass is 9.86. The minimum Gasteiger partial charge on any atom is -0.444 e. The van der Waals surface area contributed by atoms with E-state index in [4.69, 9.17) is 22.1 Å². The number of rotatable bonds is 1. The van der Waals surface area contributed by atoms with Crippen LogP contribution in [-0.2, 0) is 4.74 Å². The first-order valence-electron chi connectivity index (χ1n) is 9.78. The van der Waals surface area contributed by atoms with Crippen molar-refractivity contribution in [3.05, 3.63) is 21.7 Å². The van der Waals surface area contributed by atoms with Crippen LogP contribution >= 0.6 is 11.6 Å². The van der Waals surface area contributed by atoms with E-state index >= 15 is 0 Å². The monoisotopic (exact) mass is 421 g/mol. The van der Waals surface area contributed by atoms with Crippen LogP contribution in [-0.4, -0.2) is 45.9 Å². The maximum absolute atomic E-state index is 11.6. The van der Waals surface area contributed by atoms with Crippen LogP contribution < -0.4 is 5.73 Å². The highest BCUT2D eigenvalue weighted by molar-refractivity contribution is 6.29. The molecule has 2 N–H and O–H groups in total. The standard InChI is InChI=1S/C10H10ClN3.C10H18N2O3/c11-9-6-8(10(12)14-13-9)5-4-7-2-1-3-7;1-10(2,3)15-9(13)12-6-4-8(11-14)5-7-12/h6-7H,1-3H2,(H2,12,14);8H,4-7H2,1-3H3. The Bertz CT molecular complexity index is 773. The minimum absolute atomic E-state index is 0.135. The molecule has 2 heterocycles. The molecule has 0 unspecified atom stereocenters. The fraction of sp³-hybridized carbons (Fsp3) is 0.650. The molecule has 0 atom stereocenters. The van der Waals surface area contributed by atoms with Crippen LogP contribution in [0.1, 0.15) is 58.4 Å². The fourth-order valence-corrected chi connectivity index (χ4v) is 2.84. The zero-order valence-corrected chi connectivity index (χ0v) is 17.9. The van der Waals surface area contributed by atoms with Gasteiger partial charge in [-0.2, -0.15) is 4.91 Å². The number of hydrogen-bond donors (Lipinski definition) is 1. The summed E-state index contributed by atoms with van der Waals surface area (Å²) in [5.41, 5.74) is 5.82. The average molecular weight is 422 g/mol. The average Bonchev–Trinajstić information content (AvgIpc) is 2.62. The number of anilines is 1. The van der Waals surface area contributed by atoms with E-state index in [9.17, 15) is 9.70 Å². The SMILES string of the molecule is CC(C)(C)OC(=O)N1CCC(N=O)CC1.Nc1nnc(Cl)cc1C#CC1CCC1. The van der Waals surface area contributed by atoms with Gasteiger partial charge in [-0.15, -0.1) is 10.2 Å². The highest BCUT2D eigenvalue weighted by Crippen LogP contribution is 2.25. The highest BCUT2D eigenvalue weighted by Gasteiger charge is 2.26. The second kappa shape index (κ2) is 10.4. The number of carbonyl (C=O) groups excluding carboxylic acids is 1. The first kappa shape index (κ1) is 22.9. The zero-order valence-electron chi connectivity index (χ0n) is 17.2. The molecule has 8 nitrogen and oxygen atoms in total. The minimum atomic E-state index is -0.461. The number of ether oxygens (including phenoxy) is 1. The van der Waals surface area contributed by atoms with E-state index in [2.05, 4.69) is 27.2 Å². The van der Waals surface area contributed by atoms with Gasteiger partial charge in [0.2, 0.25) is 0 Å². The summed E-state index contributed by atoms with van der Waals surface area (Å²) >= 11 is 5.68. The van der Waals surface area contributed by atoms with Crippen molar-refractivity contribution in [3.8, 4) is 11.8 Å². The summed E-state index contributed by atoms with van der Waals surface area (Å²) in [6.45, 7) is 6.64. The van der Waals surface area contributed by atoms with Gasteiger partial charge in [-0.25, -0.2) is 4.79 Å². The van der Waals surface area contributed by atoms with Gasteiger partial charge in [-0.1, -0.05) is 35.0 Å². The Morgan fingerprint density at radius 1 is 1.28 bits per heavy atom. The van der Waals surface area contributed by atoms with Crippen LogP contribution in [0.2, 0.25) is 5.15 Å². The van der Waals surface area contributed by atoms with Crippen LogP contribution in [0.15, 0.2) is 11.2 Å². The molecule has 2 aliphatic rings. The highest BCUT2D eigenvalue weighted by atomic mass is 35.5. The van der Waals surface area contributed by atoms with E-state index in [1.165, 1.54) is 19.3 Å². The molecule has 0 spiro atoms. The van der Waals surface area contributed by atoms with Gasteiger partial charge >= 0.3 is 6.09 Å². The predicted octanol–water partition coefficient (Wildman–Crippen LogP) is 4.02. The molecule has 29 heavy (non-hydrogen) atoms.